The fraction of sp³-hybridized carbons (Fsp3) is 0.800. The average molecular weight is 471 g/mol. The van der Waals surface area contributed by atoms with Gasteiger partial charge in [0.2, 0.25) is 0 Å². The van der Waals surface area contributed by atoms with Crippen LogP contribution in [0.1, 0.15) is 67.2 Å². The van der Waals surface area contributed by atoms with Crippen LogP contribution in [0.15, 0.2) is 24.8 Å². The average Bonchev–Trinajstić information content (AvgIpc) is 3.55. The second-order valence-electron chi connectivity index (χ2n) is 8.63. The highest BCUT2D eigenvalue weighted by Crippen LogP contribution is 2.32. The third-order valence-corrected chi connectivity index (χ3v) is 11.2. The zero-order valence-electron chi connectivity index (χ0n) is 21.0. The highest BCUT2D eigenvalue weighted by atomic mass is 28.4. The van der Waals surface area contributed by atoms with Gasteiger partial charge < -0.3 is 23.7 Å². The van der Waals surface area contributed by atoms with E-state index in [1.807, 2.05) is 25.2 Å². The first kappa shape index (κ1) is 29.0. The van der Waals surface area contributed by atoms with Crippen molar-refractivity contribution in [3.8, 4) is 0 Å². The van der Waals surface area contributed by atoms with Crippen molar-refractivity contribution in [3.05, 3.63) is 24.8 Å². The minimum Gasteiger partial charge on any atom is -0.459 e. The van der Waals surface area contributed by atoms with Crippen LogP contribution in [-0.2, 0) is 23.4 Å². The fourth-order valence-electron chi connectivity index (χ4n) is 4.26. The van der Waals surface area contributed by atoms with Crippen LogP contribution in [0.3, 0.4) is 0 Å². The number of aliphatic hydroxyl groups excluding tert-OH is 1. The van der Waals surface area contributed by atoms with Crippen LogP contribution in [0.25, 0.3) is 0 Å². The van der Waals surface area contributed by atoms with Crippen LogP contribution in [0.5, 0.6) is 0 Å². The Morgan fingerprint density at radius 2 is 1.72 bits per heavy atom. The number of aliphatic hydroxyl groups is 1. The zero-order chi connectivity index (χ0) is 24.1. The maximum Gasteiger partial charge on any atom is 0.303 e. The molecule has 1 aliphatic rings. The Labute approximate surface area is 196 Å². The van der Waals surface area contributed by atoms with E-state index in [4.69, 9.17) is 18.6 Å². The third kappa shape index (κ3) is 9.10. The second kappa shape index (κ2) is 15.0. The molecule has 1 rings (SSSR count). The van der Waals surface area contributed by atoms with Crippen LogP contribution >= 0.6 is 0 Å². The van der Waals surface area contributed by atoms with Crippen LogP contribution in [0.2, 0.25) is 18.1 Å². The molecule has 1 N–H and O–H groups in total. The van der Waals surface area contributed by atoms with E-state index in [0.29, 0.717) is 19.3 Å². The minimum absolute atomic E-state index is 0.0124. The number of epoxide rings is 1. The molecular weight excluding hydrogens is 424 g/mol. The number of ether oxygens (including phenoxy) is 3. The molecular formula is C25H46O6Si. The van der Waals surface area contributed by atoms with Gasteiger partial charge in [-0.25, -0.2) is 0 Å². The minimum atomic E-state index is -1.84. The van der Waals surface area contributed by atoms with Crippen molar-refractivity contribution >= 4 is 14.3 Å². The lowest BCUT2D eigenvalue weighted by atomic mass is 10.0. The zero-order valence-corrected chi connectivity index (χ0v) is 22.0. The third-order valence-electron chi connectivity index (χ3n) is 6.57. The highest BCUT2D eigenvalue weighted by Gasteiger charge is 2.43. The van der Waals surface area contributed by atoms with Gasteiger partial charge in [-0.05, 0) is 37.9 Å². The maximum absolute atomic E-state index is 11.8. The molecule has 0 aromatic heterocycles. The van der Waals surface area contributed by atoms with E-state index in [-0.39, 0.29) is 43.1 Å². The van der Waals surface area contributed by atoms with Gasteiger partial charge in [-0.3, -0.25) is 4.79 Å². The van der Waals surface area contributed by atoms with Crippen LogP contribution in [0.4, 0.5) is 0 Å². The molecule has 0 unspecified atom stereocenters. The summed E-state index contributed by atoms with van der Waals surface area (Å²) in [4.78, 5) is 11.8. The topological polar surface area (TPSA) is 77.5 Å². The first-order chi connectivity index (χ1) is 15.3. The molecule has 1 fully saturated rings. The van der Waals surface area contributed by atoms with E-state index in [2.05, 4.69) is 34.3 Å². The Balaban J connectivity index is 3.13. The first-order valence-corrected chi connectivity index (χ1v) is 14.8. The van der Waals surface area contributed by atoms with Crippen molar-refractivity contribution in [1.82, 2.24) is 0 Å². The predicted octanol–water partition coefficient (Wildman–Crippen LogP) is 5.16. The standard InChI is InChI=1S/C25H46O6Si/c1-8-14-16-21(28-19(7)27)23(17-24-25(18-26)30-24)29-20(10-3)22(15-9-2)31-32(11-4,12-5)13-6/h8-9,14,20-26H,2,10-13,15-18H2,1,3-7H3/b14-8+/t20-,21+,22-,23+,24+,25+/m1/s1. The summed E-state index contributed by atoms with van der Waals surface area (Å²) < 4.78 is 24.8. The van der Waals surface area contributed by atoms with Gasteiger partial charge in [0.05, 0.1) is 31.0 Å². The van der Waals surface area contributed by atoms with Gasteiger partial charge in [-0.2, -0.15) is 0 Å². The molecule has 0 aliphatic carbocycles. The van der Waals surface area contributed by atoms with Gasteiger partial charge >= 0.3 is 5.97 Å². The summed E-state index contributed by atoms with van der Waals surface area (Å²) in [6.45, 7) is 16.1. The van der Waals surface area contributed by atoms with Gasteiger partial charge in [-0.15, -0.1) is 6.58 Å². The summed E-state index contributed by atoms with van der Waals surface area (Å²) in [6, 6.07) is 3.21. The van der Waals surface area contributed by atoms with Gasteiger partial charge in [0, 0.05) is 19.8 Å². The van der Waals surface area contributed by atoms with Crippen molar-refractivity contribution in [2.24, 2.45) is 0 Å². The summed E-state index contributed by atoms with van der Waals surface area (Å²) in [5.74, 6) is -0.329. The molecule has 32 heavy (non-hydrogen) atoms. The van der Waals surface area contributed by atoms with E-state index >= 15 is 0 Å². The molecule has 0 bridgehead atoms. The van der Waals surface area contributed by atoms with E-state index < -0.39 is 14.4 Å². The molecule has 186 valence electrons. The molecule has 0 saturated carbocycles. The molecule has 0 amide bonds. The quantitative estimate of drug-likeness (QED) is 0.129. The van der Waals surface area contributed by atoms with Crippen LogP contribution in [-0.4, -0.2) is 62.6 Å². The summed E-state index contributed by atoms with van der Waals surface area (Å²) in [6.07, 6.45) is 7.22. The number of hydrogen-bond acceptors (Lipinski definition) is 6. The first-order valence-electron chi connectivity index (χ1n) is 12.3. The molecule has 0 radical (unpaired) electrons. The molecule has 0 aromatic carbocycles. The van der Waals surface area contributed by atoms with E-state index in [1.165, 1.54) is 6.92 Å². The number of carbonyl (C=O) groups excluding carboxylic acids is 1. The Hall–Kier alpha value is -0.993. The lowest BCUT2D eigenvalue weighted by molar-refractivity contribution is -0.164. The second-order valence-corrected chi connectivity index (χ2v) is 13.4. The van der Waals surface area contributed by atoms with Crippen molar-refractivity contribution < 1.29 is 28.5 Å². The van der Waals surface area contributed by atoms with Crippen molar-refractivity contribution in [2.45, 2.75) is 122 Å². The molecule has 7 heteroatoms. The molecule has 6 atom stereocenters. The monoisotopic (exact) mass is 470 g/mol. The SMILES string of the molecule is C=CC[C@@H](O[Si](CC)(CC)CC)[C@@H](CC)O[C@@H](C[C@@H]1O[C@H]1CO)[C@H](C/C=C/C)OC(C)=O. The number of hydrogen-bond donors (Lipinski definition) is 1. The van der Waals surface area contributed by atoms with Crippen molar-refractivity contribution in [2.75, 3.05) is 6.61 Å². The van der Waals surface area contributed by atoms with Gasteiger partial charge in [0.1, 0.15) is 12.2 Å². The summed E-state index contributed by atoms with van der Waals surface area (Å²) >= 11 is 0. The molecule has 0 aromatic rings. The summed E-state index contributed by atoms with van der Waals surface area (Å²) in [5.41, 5.74) is 0. The van der Waals surface area contributed by atoms with Crippen molar-refractivity contribution in [3.63, 3.8) is 0 Å². The fourth-order valence-corrected chi connectivity index (χ4v) is 7.15. The smallest absolute Gasteiger partial charge is 0.303 e. The normalized spacial score (nSPS) is 22.3. The molecule has 0 spiro atoms. The van der Waals surface area contributed by atoms with Gasteiger partial charge in [0.15, 0.2) is 8.32 Å². The Kier molecular flexibility index (Phi) is 13.6. The highest BCUT2D eigenvalue weighted by molar-refractivity contribution is 6.73. The lowest BCUT2D eigenvalue weighted by Gasteiger charge is -2.38. The van der Waals surface area contributed by atoms with Crippen LogP contribution in [0, 0.1) is 0 Å². The predicted molar refractivity (Wildman–Crippen MR) is 131 cm³/mol. The molecule has 1 heterocycles. The number of rotatable bonds is 18. The Bertz CT molecular complexity index is 569. The van der Waals surface area contributed by atoms with E-state index in [9.17, 15) is 9.90 Å². The maximum atomic E-state index is 11.8. The number of carbonyl (C=O) groups is 1. The summed E-state index contributed by atoms with van der Waals surface area (Å²) in [7, 11) is -1.84. The largest absolute Gasteiger partial charge is 0.459 e. The number of esters is 1. The van der Waals surface area contributed by atoms with Gasteiger partial charge in [-0.1, -0.05) is 45.9 Å². The van der Waals surface area contributed by atoms with Crippen molar-refractivity contribution in [1.29, 1.82) is 0 Å². The lowest BCUT2D eigenvalue weighted by Crippen LogP contribution is -2.47. The van der Waals surface area contributed by atoms with E-state index in [0.717, 1.165) is 24.6 Å². The van der Waals surface area contributed by atoms with Gasteiger partial charge in [0.25, 0.3) is 0 Å². The molecule has 1 aliphatic heterocycles. The Morgan fingerprint density at radius 1 is 1.06 bits per heavy atom. The molecule has 1 saturated heterocycles. The Morgan fingerprint density at radius 3 is 2.16 bits per heavy atom. The molecule has 6 nitrogen and oxygen atoms in total. The summed E-state index contributed by atoms with van der Waals surface area (Å²) in [5, 5.41) is 9.42. The number of allylic oxidation sites excluding steroid dienone is 1. The van der Waals surface area contributed by atoms with Crippen LogP contribution < -0.4 is 0 Å². The van der Waals surface area contributed by atoms with E-state index in [1.54, 1.807) is 0 Å².